The van der Waals surface area contributed by atoms with E-state index in [1.807, 2.05) is 19.1 Å². The predicted octanol–water partition coefficient (Wildman–Crippen LogP) is 3.73. The fourth-order valence-electron chi connectivity index (χ4n) is 1.69. The lowest BCUT2D eigenvalue weighted by molar-refractivity contribution is 0.416. The monoisotopic (exact) mass is 276 g/mol. The number of hydrogen-bond donors (Lipinski definition) is 1. The Balaban J connectivity index is 2.15. The van der Waals surface area contributed by atoms with Gasteiger partial charge in [-0.3, -0.25) is 0 Å². The van der Waals surface area contributed by atoms with Crippen molar-refractivity contribution in [3.05, 3.63) is 46.4 Å². The van der Waals surface area contributed by atoms with Gasteiger partial charge in [-0.1, -0.05) is 11.6 Å². The van der Waals surface area contributed by atoms with Gasteiger partial charge >= 0.3 is 0 Å². The Morgan fingerprint density at radius 2 is 2.21 bits per heavy atom. The molecule has 4 nitrogen and oxygen atoms in total. The molecule has 2 aromatic rings. The number of benzene rings is 1. The smallest absolute Gasteiger partial charge is 0.203 e. The van der Waals surface area contributed by atoms with Gasteiger partial charge in [0.05, 0.1) is 19.3 Å². The molecule has 0 aliphatic carbocycles. The fraction of sp³-hybridized carbons (Fsp3) is 0.214. The molecule has 2 rings (SSSR count). The lowest BCUT2D eigenvalue weighted by atomic mass is 10.2. The van der Waals surface area contributed by atoms with E-state index in [1.54, 1.807) is 25.3 Å². The Morgan fingerprint density at radius 3 is 2.84 bits per heavy atom. The zero-order valence-electron chi connectivity index (χ0n) is 10.7. The van der Waals surface area contributed by atoms with Crippen LogP contribution in [0.25, 0.3) is 0 Å². The van der Waals surface area contributed by atoms with Crippen LogP contribution in [0, 0.1) is 18.3 Å². The molecule has 1 aromatic carbocycles. The van der Waals surface area contributed by atoms with Crippen molar-refractivity contribution in [3.63, 3.8) is 0 Å². The van der Waals surface area contributed by atoms with Gasteiger partial charge in [-0.25, -0.2) is 0 Å². The minimum Gasteiger partial charge on any atom is -0.495 e. The zero-order chi connectivity index (χ0) is 13.8. The summed E-state index contributed by atoms with van der Waals surface area (Å²) in [6, 6.07) is 9.03. The van der Waals surface area contributed by atoms with Gasteiger partial charge in [0.25, 0.3) is 0 Å². The predicted molar refractivity (Wildman–Crippen MR) is 73.5 cm³/mol. The molecule has 0 aliphatic heterocycles. The van der Waals surface area contributed by atoms with Crippen LogP contribution < -0.4 is 10.1 Å². The van der Waals surface area contributed by atoms with Crippen LogP contribution >= 0.6 is 11.6 Å². The number of aryl methyl sites for hydroxylation is 1. The van der Waals surface area contributed by atoms with Crippen LogP contribution in [-0.2, 0) is 6.54 Å². The van der Waals surface area contributed by atoms with Crippen LogP contribution in [0.2, 0.25) is 5.02 Å². The number of methoxy groups -OCH3 is 1. The number of nitriles is 1. The molecule has 1 aromatic heterocycles. The summed E-state index contributed by atoms with van der Waals surface area (Å²) in [5, 5.41) is 12.5. The van der Waals surface area contributed by atoms with E-state index in [2.05, 4.69) is 5.32 Å². The Morgan fingerprint density at radius 1 is 1.42 bits per heavy atom. The first-order valence-corrected chi connectivity index (χ1v) is 6.08. The normalized spacial score (nSPS) is 10.0. The second-order valence-corrected chi connectivity index (χ2v) is 4.44. The highest BCUT2D eigenvalue weighted by Gasteiger charge is 2.08. The van der Waals surface area contributed by atoms with Crippen LogP contribution in [-0.4, -0.2) is 7.11 Å². The van der Waals surface area contributed by atoms with E-state index < -0.39 is 0 Å². The molecule has 0 fully saturated rings. The van der Waals surface area contributed by atoms with E-state index >= 15 is 0 Å². The van der Waals surface area contributed by atoms with Crippen molar-refractivity contribution in [1.82, 2.24) is 0 Å². The quantitative estimate of drug-likeness (QED) is 0.924. The molecule has 1 heterocycles. The zero-order valence-corrected chi connectivity index (χ0v) is 11.4. The lowest BCUT2D eigenvalue weighted by Gasteiger charge is -2.12. The maximum absolute atomic E-state index is 8.69. The molecular formula is C14H13ClN2O2. The number of halogens is 1. The molecule has 0 radical (unpaired) electrons. The Hall–Kier alpha value is -2.12. The SMILES string of the molecule is COc1cc(Cl)c(C)cc1NCc1ccc(C#N)o1. The number of hydrogen-bond acceptors (Lipinski definition) is 4. The molecule has 19 heavy (non-hydrogen) atoms. The Bertz CT molecular complexity index is 629. The van der Waals surface area contributed by atoms with Crippen LogP contribution in [0.4, 0.5) is 5.69 Å². The number of ether oxygens (including phenoxy) is 1. The van der Waals surface area contributed by atoms with Crippen LogP contribution in [0.1, 0.15) is 17.1 Å². The summed E-state index contributed by atoms with van der Waals surface area (Å²) in [4.78, 5) is 0. The van der Waals surface area contributed by atoms with Crippen molar-refractivity contribution in [2.75, 3.05) is 12.4 Å². The van der Waals surface area contributed by atoms with E-state index in [1.165, 1.54) is 0 Å². The summed E-state index contributed by atoms with van der Waals surface area (Å²) >= 11 is 6.04. The molecule has 5 heteroatoms. The van der Waals surface area contributed by atoms with E-state index in [4.69, 9.17) is 26.0 Å². The van der Waals surface area contributed by atoms with E-state index in [0.29, 0.717) is 28.8 Å². The molecule has 0 saturated carbocycles. The highest BCUT2D eigenvalue weighted by atomic mass is 35.5. The number of anilines is 1. The number of nitrogens with one attached hydrogen (secondary N) is 1. The van der Waals surface area contributed by atoms with E-state index in [0.717, 1.165) is 11.3 Å². The van der Waals surface area contributed by atoms with Gasteiger partial charge in [-0.05, 0) is 30.7 Å². The maximum Gasteiger partial charge on any atom is 0.203 e. The van der Waals surface area contributed by atoms with Crippen LogP contribution in [0.15, 0.2) is 28.7 Å². The van der Waals surface area contributed by atoms with Gasteiger partial charge in [0.2, 0.25) is 5.76 Å². The topological polar surface area (TPSA) is 58.2 Å². The molecule has 0 aliphatic rings. The average Bonchev–Trinajstić information content (AvgIpc) is 2.87. The number of furan rings is 1. The first-order valence-electron chi connectivity index (χ1n) is 5.71. The summed E-state index contributed by atoms with van der Waals surface area (Å²) in [5.74, 6) is 1.66. The average molecular weight is 277 g/mol. The van der Waals surface area contributed by atoms with Crippen molar-refractivity contribution in [3.8, 4) is 11.8 Å². The molecule has 1 N–H and O–H groups in total. The molecule has 0 spiro atoms. The third kappa shape index (κ3) is 3.01. The molecule has 0 atom stereocenters. The molecule has 0 unspecified atom stereocenters. The first kappa shape index (κ1) is 13.3. The van der Waals surface area contributed by atoms with Crippen LogP contribution in [0.3, 0.4) is 0 Å². The highest BCUT2D eigenvalue weighted by molar-refractivity contribution is 6.31. The van der Waals surface area contributed by atoms with Crippen LogP contribution in [0.5, 0.6) is 5.75 Å². The molecule has 0 saturated heterocycles. The Labute approximate surface area is 116 Å². The fourth-order valence-corrected chi connectivity index (χ4v) is 1.84. The van der Waals surface area contributed by atoms with Crippen molar-refractivity contribution in [1.29, 1.82) is 5.26 Å². The van der Waals surface area contributed by atoms with Crippen molar-refractivity contribution in [2.45, 2.75) is 13.5 Å². The molecule has 0 amide bonds. The second-order valence-electron chi connectivity index (χ2n) is 4.03. The van der Waals surface area contributed by atoms with E-state index in [9.17, 15) is 0 Å². The standard InChI is InChI=1S/C14H13ClN2O2/c1-9-5-13(14(18-2)6-12(9)15)17-8-11-4-3-10(7-16)19-11/h3-6,17H,8H2,1-2H3. The van der Waals surface area contributed by atoms with Gasteiger partial charge in [0.15, 0.2) is 0 Å². The summed E-state index contributed by atoms with van der Waals surface area (Å²) in [6.45, 7) is 2.40. The minimum absolute atomic E-state index is 0.302. The van der Waals surface area contributed by atoms with E-state index in [-0.39, 0.29) is 0 Å². The summed E-state index contributed by atoms with van der Waals surface area (Å²) in [6.07, 6.45) is 0. The number of rotatable bonds is 4. The summed E-state index contributed by atoms with van der Waals surface area (Å²) < 4.78 is 10.6. The lowest BCUT2D eigenvalue weighted by Crippen LogP contribution is -2.01. The third-order valence-corrected chi connectivity index (χ3v) is 3.11. The molecular weight excluding hydrogens is 264 g/mol. The van der Waals surface area contributed by atoms with Gasteiger partial charge < -0.3 is 14.5 Å². The molecule has 0 bridgehead atoms. The molecule has 98 valence electrons. The van der Waals surface area contributed by atoms with Crippen molar-refractivity contribution >= 4 is 17.3 Å². The minimum atomic E-state index is 0.302. The van der Waals surface area contributed by atoms with Gasteiger partial charge in [-0.15, -0.1) is 0 Å². The summed E-state index contributed by atoms with van der Waals surface area (Å²) in [7, 11) is 1.59. The Kier molecular flexibility index (Phi) is 3.98. The highest BCUT2D eigenvalue weighted by Crippen LogP contribution is 2.31. The third-order valence-electron chi connectivity index (χ3n) is 2.71. The second kappa shape index (κ2) is 5.68. The summed E-state index contributed by atoms with van der Waals surface area (Å²) in [5.41, 5.74) is 1.79. The number of nitrogens with zero attached hydrogens (tertiary/aromatic N) is 1. The van der Waals surface area contributed by atoms with Crippen molar-refractivity contribution < 1.29 is 9.15 Å². The maximum atomic E-state index is 8.69. The van der Waals surface area contributed by atoms with Gasteiger partial charge in [-0.2, -0.15) is 5.26 Å². The van der Waals surface area contributed by atoms with Gasteiger partial charge in [0.1, 0.15) is 17.6 Å². The van der Waals surface area contributed by atoms with Crippen molar-refractivity contribution in [2.24, 2.45) is 0 Å². The first-order chi connectivity index (χ1) is 9.13. The van der Waals surface area contributed by atoms with Gasteiger partial charge in [0, 0.05) is 11.1 Å². The largest absolute Gasteiger partial charge is 0.495 e.